The summed E-state index contributed by atoms with van der Waals surface area (Å²) in [5.74, 6) is 1.16. The lowest BCUT2D eigenvalue weighted by molar-refractivity contribution is 0.204. The van der Waals surface area contributed by atoms with Crippen molar-refractivity contribution in [1.82, 2.24) is 9.97 Å². The largest absolute Gasteiger partial charge is 0.467 e. The molecular weight excluding hydrogens is 285 g/mol. The van der Waals surface area contributed by atoms with Gasteiger partial charge < -0.3 is 14.1 Å². The summed E-state index contributed by atoms with van der Waals surface area (Å²) in [7, 11) is 1.64. The maximum absolute atomic E-state index is 13.6. The number of nitrogens with zero attached hydrogens (tertiary/aromatic N) is 3. The zero-order chi connectivity index (χ0) is 15.4. The molecule has 0 unspecified atom stereocenters. The number of hydrogen-bond acceptors (Lipinski definition) is 5. The molecule has 0 radical (unpaired) electrons. The van der Waals surface area contributed by atoms with Crippen molar-refractivity contribution in [3.05, 3.63) is 54.5 Å². The van der Waals surface area contributed by atoms with Gasteiger partial charge >= 0.3 is 0 Å². The van der Waals surface area contributed by atoms with Crippen LogP contribution in [-0.2, 0) is 11.3 Å². The number of fused-ring (bicyclic) bond motifs is 1. The molecule has 0 aliphatic rings. The van der Waals surface area contributed by atoms with Gasteiger partial charge in [0, 0.05) is 19.0 Å². The topological polar surface area (TPSA) is 51.4 Å². The van der Waals surface area contributed by atoms with Crippen molar-refractivity contribution >= 4 is 16.7 Å². The standard InChI is InChI=1S/C16H16FN3O2/c1-21-8-6-20(10-13-3-2-7-22-13)16-14-9-12(17)4-5-15(14)18-11-19-16/h2-5,7,9,11H,6,8,10H2,1H3. The van der Waals surface area contributed by atoms with E-state index in [0.717, 1.165) is 5.76 Å². The van der Waals surface area contributed by atoms with Gasteiger partial charge in [-0.05, 0) is 30.3 Å². The number of halogens is 1. The van der Waals surface area contributed by atoms with E-state index in [-0.39, 0.29) is 5.82 Å². The molecule has 114 valence electrons. The molecule has 0 saturated carbocycles. The number of methoxy groups -OCH3 is 1. The van der Waals surface area contributed by atoms with E-state index in [1.54, 1.807) is 19.4 Å². The number of hydrogen-bond donors (Lipinski definition) is 0. The first-order chi connectivity index (χ1) is 10.8. The van der Waals surface area contributed by atoms with Crippen LogP contribution in [0.3, 0.4) is 0 Å². The third-order valence-corrected chi connectivity index (χ3v) is 3.37. The number of anilines is 1. The zero-order valence-electron chi connectivity index (χ0n) is 12.2. The molecule has 0 spiro atoms. The minimum atomic E-state index is -0.312. The molecule has 6 heteroatoms. The van der Waals surface area contributed by atoms with E-state index >= 15 is 0 Å². The minimum Gasteiger partial charge on any atom is -0.467 e. The fourth-order valence-electron chi connectivity index (χ4n) is 2.32. The fourth-order valence-corrected chi connectivity index (χ4v) is 2.32. The first kappa shape index (κ1) is 14.5. The van der Waals surface area contributed by atoms with Crippen LogP contribution in [0, 0.1) is 5.82 Å². The van der Waals surface area contributed by atoms with E-state index in [0.29, 0.717) is 36.4 Å². The number of ether oxygens (including phenoxy) is 1. The molecule has 0 aliphatic carbocycles. The van der Waals surface area contributed by atoms with Gasteiger partial charge in [-0.2, -0.15) is 0 Å². The predicted octanol–water partition coefficient (Wildman–Crippen LogP) is 3.01. The molecule has 0 amide bonds. The molecule has 0 aliphatic heterocycles. The summed E-state index contributed by atoms with van der Waals surface area (Å²) in [4.78, 5) is 10.5. The van der Waals surface area contributed by atoms with Crippen LogP contribution in [0.2, 0.25) is 0 Å². The molecule has 0 fully saturated rings. The van der Waals surface area contributed by atoms with Crippen molar-refractivity contribution in [2.24, 2.45) is 0 Å². The summed E-state index contributed by atoms with van der Waals surface area (Å²) in [6, 6.07) is 8.22. The number of furan rings is 1. The van der Waals surface area contributed by atoms with Gasteiger partial charge in [-0.3, -0.25) is 0 Å². The average molecular weight is 301 g/mol. The molecule has 5 nitrogen and oxygen atoms in total. The Morgan fingerprint density at radius 2 is 2.18 bits per heavy atom. The van der Waals surface area contributed by atoms with E-state index in [1.165, 1.54) is 18.5 Å². The van der Waals surface area contributed by atoms with Crippen molar-refractivity contribution in [2.75, 3.05) is 25.2 Å². The Morgan fingerprint density at radius 1 is 1.27 bits per heavy atom. The molecule has 3 aromatic rings. The molecule has 22 heavy (non-hydrogen) atoms. The van der Waals surface area contributed by atoms with Gasteiger partial charge in [-0.15, -0.1) is 0 Å². The maximum atomic E-state index is 13.6. The van der Waals surface area contributed by atoms with Crippen LogP contribution < -0.4 is 4.90 Å². The first-order valence-electron chi connectivity index (χ1n) is 6.94. The summed E-state index contributed by atoms with van der Waals surface area (Å²) in [5, 5.41) is 0.671. The third kappa shape index (κ3) is 3.07. The molecule has 3 rings (SSSR count). The number of rotatable bonds is 6. The van der Waals surface area contributed by atoms with Gasteiger partial charge in [-0.25, -0.2) is 14.4 Å². The van der Waals surface area contributed by atoms with E-state index in [1.807, 2.05) is 17.0 Å². The van der Waals surface area contributed by atoms with Crippen molar-refractivity contribution in [1.29, 1.82) is 0 Å². The highest BCUT2D eigenvalue weighted by molar-refractivity contribution is 5.89. The number of benzene rings is 1. The van der Waals surface area contributed by atoms with Gasteiger partial charge in [0.05, 0.1) is 24.9 Å². The van der Waals surface area contributed by atoms with Crippen LogP contribution in [-0.4, -0.2) is 30.2 Å². The minimum absolute atomic E-state index is 0.312. The van der Waals surface area contributed by atoms with Crippen molar-refractivity contribution in [3.8, 4) is 0 Å². The molecule has 0 N–H and O–H groups in total. The van der Waals surface area contributed by atoms with Gasteiger partial charge in [0.2, 0.25) is 0 Å². The maximum Gasteiger partial charge on any atom is 0.140 e. The van der Waals surface area contributed by atoms with Crippen LogP contribution in [0.5, 0.6) is 0 Å². The first-order valence-corrected chi connectivity index (χ1v) is 6.94. The molecule has 1 aromatic carbocycles. The molecule has 0 atom stereocenters. The Balaban J connectivity index is 2.00. The van der Waals surface area contributed by atoms with Crippen molar-refractivity contribution in [2.45, 2.75) is 6.54 Å². The molecule has 2 aromatic heterocycles. The van der Waals surface area contributed by atoms with Crippen LogP contribution in [0.25, 0.3) is 10.9 Å². The Kier molecular flexibility index (Phi) is 4.29. The highest BCUT2D eigenvalue weighted by Gasteiger charge is 2.14. The second kappa shape index (κ2) is 6.53. The lowest BCUT2D eigenvalue weighted by atomic mass is 10.2. The molecule has 0 bridgehead atoms. The van der Waals surface area contributed by atoms with E-state index in [4.69, 9.17) is 9.15 Å². The predicted molar refractivity (Wildman–Crippen MR) is 81.1 cm³/mol. The fraction of sp³-hybridized carbons (Fsp3) is 0.250. The van der Waals surface area contributed by atoms with E-state index in [2.05, 4.69) is 9.97 Å². The van der Waals surface area contributed by atoms with Gasteiger partial charge in [0.15, 0.2) is 0 Å². The molecule has 0 saturated heterocycles. The normalized spacial score (nSPS) is 11.0. The van der Waals surface area contributed by atoms with E-state index in [9.17, 15) is 4.39 Å². The third-order valence-electron chi connectivity index (χ3n) is 3.37. The second-order valence-corrected chi connectivity index (χ2v) is 4.85. The van der Waals surface area contributed by atoms with Crippen LogP contribution in [0.4, 0.5) is 10.2 Å². The lowest BCUT2D eigenvalue weighted by Crippen LogP contribution is -2.27. The smallest absolute Gasteiger partial charge is 0.140 e. The summed E-state index contributed by atoms with van der Waals surface area (Å²) >= 11 is 0. The monoisotopic (exact) mass is 301 g/mol. The highest BCUT2D eigenvalue weighted by atomic mass is 19.1. The quantitative estimate of drug-likeness (QED) is 0.700. The van der Waals surface area contributed by atoms with Crippen LogP contribution in [0.15, 0.2) is 47.3 Å². The SMILES string of the molecule is COCCN(Cc1ccco1)c1ncnc2ccc(F)cc12. The van der Waals surface area contributed by atoms with Crippen LogP contribution >= 0.6 is 0 Å². The highest BCUT2D eigenvalue weighted by Crippen LogP contribution is 2.25. The van der Waals surface area contributed by atoms with Gasteiger partial charge in [-0.1, -0.05) is 0 Å². The Hall–Kier alpha value is -2.47. The van der Waals surface area contributed by atoms with Gasteiger partial charge in [0.1, 0.15) is 23.7 Å². The zero-order valence-corrected chi connectivity index (χ0v) is 12.2. The van der Waals surface area contributed by atoms with E-state index < -0.39 is 0 Å². The average Bonchev–Trinajstić information content (AvgIpc) is 3.04. The summed E-state index contributed by atoms with van der Waals surface area (Å²) < 4.78 is 24.2. The van der Waals surface area contributed by atoms with Gasteiger partial charge in [0.25, 0.3) is 0 Å². The van der Waals surface area contributed by atoms with Crippen molar-refractivity contribution in [3.63, 3.8) is 0 Å². The summed E-state index contributed by atoms with van der Waals surface area (Å²) in [5.41, 5.74) is 0.702. The summed E-state index contributed by atoms with van der Waals surface area (Å²) in [6.07, 6.45) is 3.11. The number of aromatic nitrogens is 2. The Morgan fingerprint density at radius 3 is 2.95 bits per heavy atom. The molecular formula is C16H16FN3O2. The Labute approximate surface area is 127 Å². The summed E-state index contributed by atoms with van der Waals surface area (Å²) in [6.45, 7) is 1.67. The van der Waals surface area contributed by atoms with Crippen LogP contribution in [0.1, 0.15) is 5.76 Å². The second-order valence-electron chi connectivity index (χ2n) is 4.85. The Bertz CT molecular complexity index is 746. The lowest BCUT2D eigenvalue weighted by Gasteiger charge is -2.23. The van der Waals surface area contributed by atoms with Crippen molar-refractivity contribution < 1.29 is 13.5 Å². The molecule has 2 heterocycles.